The van der Waals surface area contributed by atoms with E-state index in [1.54, 1.807) is 6.92 Å². The summed E-state index contributed by atoms with van der Waals surface area (Å²) in [4.78, 5) is 15.1. The molecule has 0 saturated carbocycles. The van der Waals surface area contributed by atoms with Gasteiger partial charge < -0.3 is 19.5 Å². The fraction of sp³-hybridized carbons (Fsp3) is 0.632. The highest BCUT2D eigenvalue weighted by Crippen LogP contribution is 2.35. The third kappa shape index (κ3) is 5.97. The van der Waals surface area contributed by atoms with Crippen LogP contribution in [0.15, 0.2) is 12.1 Å². The largest absolute Gasteiger partial charge is 0.493 e. The number of sulfonamides is 1. The van der Waals surface area contributed by atoms with Gasteiger partial charge in [0, 0.05) is 32.7 Å². The highest BCUT2D eigenvalue weighted by atomic mass is 32.2. The molecule has 1 aliphatic rings. The number of nitrogens with zero attached hydrogens (tertiary/aromatic N) is 2. The lowest BCUT2D eigenvalue weighted by atomic mass is 10.1. The predicted molar refractivity (Wildman–Crippen MR) is 112 cm³/mol. The number of morpholine rings is 1. The molecule has 1 amide bonds. The predicted octanol–water partition coefficient (Wildman–Crippen LogP) is 0.942. The number of benzene rings is 1. The van der Waals surface area contributed by atoms with Crippen LogP contribution < -0.4 is 19.1 Å². The van der Waals surface area contributed by atoms with Crippen molar-refractivity contribution in [1.29, 1.82) is 0 Å². The van der Waals surface area contributed by atoms with Crippen molar-refractivity contribution in [2.45, 2.75) is 13.3 Å². The fourth-order valence-corrected chi connectivity index (χ4v) is 3.92. The number of ether oxygens (including phenoxy) is 3. The SMILES string of the molecule is CCS(=O)(=O)N(C)c1cc(OC)c(OC)cc1C(=O)NCCCN1CCOCC1. The van der Waals surface area contributed by atoms with E-state index in [0.717, 1.165) is 43.6 Å². The Balaban J connectivity index is 2.16. The summed E-state index contributed by atoms with van der Waals surface area (Å²) in [5, 5.41) is 2.88. The van der Waals surface area contributed by atoms with Crippen LogP contribution >= 0.6 is 0 Å². The van der Waals surface area contributed by atoms with Crippen molar-refractivity contribution >= 4 is 21.6 Å². The molecule has 0 aliphatic carbocycles. The summed E-state index contributed by atoms with van der Waals surface area (Å²) in [6, 6.07) is 3.02. The van der Waals surface area contributed by atoms with E-state index in [1.165, 1.54) is 33.4 Å². The molecule has 29 heavy (non-hydrogen) atoms. The van der Waals surface area contributed by atoms with Gasteiger partial charge in [-0.3, -0.25) is 14.0 Å². The van der Waals surface area contributed by atoms with Crippen molar-refractivity contribution in [3.8, 4) is 11.5 Å². The number of nitrogens with one attached hydrogen (secondary N) is 1. The first-order chi connectivity index (χ1) is 13.8. The zero-order valence-electron chi connectivity index (χ0n) is 17.6. The van der Waals surface area contributed by atoms with Gasteiger partial charge in [-0.1, -0.05) is 0 Å². The van der Waals surface area contributed by atoms with Crippen molar-refractivity contribution in [2.75, 3.05) is 70.7 Å². The molecule has 1 fully saturated rings. The van der Waals surface area contributed by atoms with Gasteiger partial charge in [-0.15, -0.1) is 0 Å². The first-order valence-electron chi connectivity index (χ1n) is 9.65. The molecule has 1 N–H and O–H groups in total. The smallest absolute Gasteiger partial charge is 0.253 e. The summed E-state index contributed by atoms with van der Waals surface area (Å²) < 4.78 is 41.7. The highest BCUT2D eigenvalue weighted by molar-refractivity contribution is 7.92. The second kappa shape index (κ2) is 10.7. The number of carbonyl (C=O) groups excluding carboxylic acids is 1. The molecular weight excluding hydrogens is 398 g/mol. The van der Waals surface area contributed by atoms with Gasteiger partial charge in [0.1, 0.15) is 0 Å². The lowest BCUT2D eigenvalue weighted by Crippen LogP contribution is -2.38. The number of hydrogen-bond acceptors (Lipinski definition) is 7. The maximum absolute atomic E-state index is 12.8. The number of amides is 1. The summed E-state index contributed by atoms with van der Waals surface area (Å²) in [7, 11) is 0.799. The zero-order valence-corrected chi connectivity index (χ0v) is 18.4. The molecule has 1 heterocycles. The van der Waals surface area contributed by atoms with Crippen molar-refractivity contribution in [2.24, 2.45) is 0 Å². The van der Waals surface area contributed by atoms with Crippen LogP contribution in [0.4, 0.5) is 5.69 Å². The Kier molecular flexibility index (Phi) is 8.54. The van der Waals surface area contributed by atoms with Crippen molar-refractivity contribution in [3.63, 3.8) is 0 Å². The number of carbonyl (C=O) groups is 1. The lowest BCUT2D eigenvalue weighted by Gasteiger charge is -2.26. The van der Waals surface area contributed by atoms with Crippen LogP contribution in [0.5, 0.6) is 11.5 Å². The van der Waals surface area contributed by atoms with E-state index in [9.17, 15) is 13.2 Å². The van der Waals surface area contributed by atoms with Gasteiger partial charge in [0.2, 0.25) is 10.0 Å². The number of anilines is 1. The van der Waals surface area contributed by atoms with Crippen LogP contribution in [0.25, 0.3) is 0 Å². The third-order valence-electron chi connectivity index (χ3n) is 4.91. The summed E-state index contributed by atoms with van der Waals surface area (Å²) >= 11 is 0. The van der Waals surface area contributed by atoms with Gasteiger partial charge in [-0.05, 0) is 26.0 Å². The summed E-state index contributed by atoms with van der Waals surface area (Å²) in [5.74, 6) is 0.265. The Labute approximate surface area is 173 Å². The fourth-order valence-electron chi connectivity index (χ4n) is 3.08. The van der Waals surface area contributed by atoms with E-state index in [-0.39, 0.29) is 22.9 Å². The first kappa shape index (κ1) is 23.2. The summed E-state index contributed by atoms with van der Waals surface area (Å²) in [6.45, 7) is 6.17. The molecule has 10 heteroatoms. The van der Waals surface area contributed by atoms with Crippen LogP contribution in [-0.2, 0) is 14.8 Å². The summed E-state index contributed by atoms with van der Waals surface area (Å²) in [5.41, 5.74) is 0.462. The maximum atomic E-state index is 12.8. The molecule has 0 spiro atoms. The molecule has 1 aromatic carbocycles. The van der Waals surface area contributed by atoms with Gasteiger partial charge in [-0.25, -0.2) is 8.42 Å². The minimum atomic E-state index is -3.55. The molecule has 2 rings (SSSR count). The number of rotatable bonds is 10. The quantitative estimate of drug-likeness (QED) is 0.553. The van der Waals surface area contributed by atoms with Gasteiger partial charge >= 0.3 is 0 Å². The first-order valence-corrected chi connectivity index (χ1v) is 11.3. The van der Waals surface area contributed by atoms with Crippen molar-refractivity contribution in [3.05, 3.63) is 17.7 Å². The van der Waals surface area contributed by atoms with E-state index in [0.29, 0.717) is 18.0 Å². The molecular formula is C19H31N3O6S. The Hall–Kier alpha value is -2.04. The van der Waals surface area contributed by atoms with E-state index < -0.39 is 10.0 Å². The molecule has 1 aliphatic heterocycles. The molecule has 1 aromatic rings. The zero-order chi connectivity index (χ0) is 21.4. The molecule has 1 saturated heterocycles. The van der Waals surface area contributed by atoms with Crippen LogP contribution in [0.2, 0.25) is 0 Å². The topological polar surface area (TPSA) is 97.4 Å². The van der Waals surface area contributed by atoms with E-state index in [1.807, 2.05) is 0 Å². The molecule has 164 valence electrons. The van der Waals surface area contributed by atoms with Crippen molar-refractivity contribution < 1.29 is 27.4 Å². The average Bonchev–Trinajstić information content (AvgIpc) is 2.75. The Morgan fingerprint density at radius 3 is 2.41 bits per heavy atom. The minimum absolute atomic E-state index is 0.0849. The van der Waals surface area contributed by atoms with E-state index >= 15 is 0 Å². The average molecular weight is 430 g/mol. The van der Waals surface area contributed by atoms with Gasteiger partial charge in [0.15, 0.2) is 11.5 Å². The second-order valence-corrected chi connectivity index (χ2v) is 8.94. The Bertz CT molecular complexity index is 793. The molecule has 0 radical (unpaired) electrons. The standard InChI is InChI=1S/C19H31N3O6S/c1-5-29(24,25)21(2)16-14-18(27-4)17(26-3)13-15(16)19(23)20-7-6-8-22-9-11-28-12-10-22/h13-14H,5-12H2,1-4H3,(H,20,23). The third-order valence-corrected chi connectivity index (χ3v) is 6.67. The monoisotopic (exact) mass is 429 g/mol. The van der Waals surface area contributed by atoms with E-state index in [4.69, 9.17) is 14.2 Å². The Morgan fingerprint density at radius 2 is 1.83 bits per heavy atom. The minimum Gasteiger partial charge on any atom is -0.493 e. The second-order valence-electron chi connectivity index (χ2n) is 6.66. The summed E-state index contributed by atoms with van der Waals surface area (Å²) in [6.07, 6.45) is 0.789. The molecule has 0 aromatic heterocycles. The number of hydrogen-bond donors (Lipinski definition) is 1. The van der Waals surface area contributed by atoms with Gasteiger partial charge in [0.25, 0.3) is 5.91 Å². The highest BCUT2D eigenvalue weighted by Gasteiger charge is 2.25. The molecule has 0 atom stereocenters. The molecule has 0 unspecified atom stereocenters. The normalized spacial score (nSPS) is 15.0. The maximum Gasteiger partial charge on any atom is 0.253 e. The van der Waals surface area contributed by atoms with Crippen LogP contribution in [0.3, 0.4) is 0 Å². The number of methoxy groups -OCH3 is 2. The van der Waals surface area contributed by atoms with E-state index in [2.05, 4.69) is 10.2 Å². The molecule has 0 bridgehead atoms. The van der Waals surface area contributed by atoms with Crippen LogP contribution in [0.1, 0.15) is 23.7 Å². The van der Waals surface area contributed by atoms with Crippen molar-refractivity contribution in [1.82, 2.24) is 10.2 Å². The molecule has 9 nitrogen and oxygen atoms in total. The Morgan fingerprint density at radius 1 is 1.21 bits per heavy atom. The lowest BCUT2D eigenvalue weighted by molar-refractivity contribution is 0.0374. The van der Waals surface area contributed by atoms with Crippen LogP contribution in [0, 0.1) is 0 Å². The van der Waals surface area contributed by atoms with Gasteiger partial charge in [-0.2, -0.15) is 0 Å². The van der Waals surface area contributed by atoms with Gasteiger partial charge in [0.05, 0.1) is 44.4 Å². The van der Waals surface area contributed by atoms with Crippen LogP contribution in [-0.4, -0.2) is 85.6 Å².